The first-order valence-electron chi connectivity index (χ1n) is 4.67. The molecule has 3 heteroatoms. The summed E-state index contributed by atoms with van der Waals surface area (Å²) in [6.45, 7) is 6.70. The molecule has 0 aliphatic rings. The van der Waals surface area contributed by atoms with E-state index >= 15 is 0 Å². The van der Waals surface area contributed by atoms with Crippen molar-refractivity contribution in [1.82, 2.24) is 10.2 Å². The van der Waals surface area contributed by atoms with E-state index in [0.29, 0.717) is 0 Å². The van der Waals surface area contributed by atoms with Gasteiger partial charge in [-0.25, -0.2) is 0 Å². The van der Waals surface area contributed by atoms with Gasteiger partial charge in [0, 0.05) is 11.1 Å². The van der Waals surface area contributed by atoms with E-state index in [9.17, 15) is 0 Å². The van der Waals surface area contributed by atoms with Crippen molar-refractivity contribution < 1.29 is 0 Å². The molecule has 14 heavy (non-hydrogen) atoms. The van der Waals surface area contributed by atoms with E-state index in [0.717, 1.165) is 5.69 Å². The first-order valence-corrected chi connectivity index (χ1v) is 5.49. The van der Waals surface area contributed by atoms with E-state index in [2.05, 4.69) is 43.1 Å². The fraction of sp³-hybridized carbons (Fsp3) is 0.364. The first kappa shape index (κ1) is 9.46. The summed E-state index contributed by atoms with van der Waals surface area (Å²) in [7, 11) is 0. The zero-order chi connectivity index (χ0) is 10.2. The minimum atomic E-state index is 0.239. The van der Waals surface area contributed by atoms with Crippen LogP contribution in [0, 0.1) is 0 Å². The molecule has 2 heterocycles. The van der Waals surface area contributed by atoms with Gasteiger partial charge in [0.15, 0.2) is 0 Å². The monoisotopic (exact) mass is 206 g/mol. The second-order valence-corrected chi connectivity index (χ2v) is 5.47. The second kappa shape index (κ2) is 3.24. The Kier molecular flexibility index (Phi) is 2.19. The normalized spacial score (nSPS) is 11.9. The quantitative estimate of drug-likeness (QED) is 0.760. The molecule has 0 aliphatic heterocycles. The van der Waals surface area contributed by atoms with Crippen LogP contribution in [0.2, 0.25) is 0 Å². The molecule has 74 valence electrons. The summed E-state index contributed by atoms with van der Waals surface area (Å²) in [6, 6.07) is 6.35. The maximum absolute atomic E-state index is 3.95. The van der Waals surface area contributed by atoms with Crippen molar-refractivity contribution in [2.24, 2.45) is 0 Å². The molecule has 0 atom stereocenters. The molecule has 1 N–H and O–H groups in total. The van der Waals surface area contributed by atoms with Gasteiger partial charge in [-0.2, -0.15) is 5.10 Å². The van der Waals surface area contributed by atoms with E-state index < -0.39 is 0 Å². The average Bonchev–Trinajstić information content (AvgIpc) is 2.73. The van der Waals surface area contributed by atoms with Gasteiger partial charge < -0.3 is 0 Å². The highest BCUT2D eigenvalue weighted by Crippen LogP contribution is 2.33. The summed E-state index contributed by atoms with van der Waals surface area (Å²) < 4.78 is 0. The maximum atomic E-state index is 3.95. The van der Waals surface area contributed by atoms with Crippen LogP contribution < -0.4 is 0 Å². The van der Waals surface area contributed by atoms with E-state index in [1.807, 2.05) is 17.4 Å². The minimum absolute atomic E-state index is 0.239. The van der Waals surface area contributed by atoms with Gasteiger partial charge in [-0.3, -0.25) is 5.10 Å². The number of hydrogen-bond acceptors (Lipinski definition) is 2. The van der Waals surface area contributed by atoms with Gasteiger partial charge in [-0.1, -0.05) is 20.8 Å². The summed E-state index contributed by atoms with van der Waals surface area (Å²) in [5, 5.41) is 6.93. The Morgan fingerprint density at radius 1 is 1.21 bits per heavy atom. The van der Waals surface area contributed by atoms with Crippen LogP contribution in [-0.4, -0.2) is 10.2 Å². The van der Waals surface area contributed by atoms with Crippen LogP contribution in [0.1, 0.15) is 25.6 Å². The van der Waals surface area contributed by atoms with Crippen LogP contribution in [-0.2, 0) is 5.41 Å². The van der Waals surface area contributed by atoms with Crippen molar-refractivity contribution >= 4 is 11.3 Å². The third-order valence-corrected chi connectivity index (χ3v) is 3.66. The van der Waals surface area contributed by atoms with E-state index in [4.69, 9.17) is 0 Å². The molecular weight excluding hydrogens is 192 g/mol. The number of thiophene rings is 1. The second-order valence-electron chi connectivity index (χ2n) is 4.38. The van der Waals surface area contributed by atoms with Gasteiger partial charge in [-0.15, -0.1) is 11.3 Å². The molecule has 0 spiro atoms. The average molecular weight is 206 g/mol. The number of rotatable bonds is 1. The first-order chi connectivity index (χ1) is 6.57. The van der Waals surface area contributed by atoms with Crippen molar-refractivity contribution in [3.8, 4) is 10.6 Å². The number of aromatic amines is 1. The van der Waals surface area contributed by atoms with Crippen LogP contribution >= 0.6 is 11.3 Å². The third kappa shape index (κ3) is 1.73. The Labute approximate surface area is 88.0 Å². The highest BCUT2D eigenvalue weighted by Gasteiger charge is 2.16. The summed E-state index contributed by atoms with van der Waals surface area (Å²) in [5.74, 6) is 0. The smallest absolute Gasteiger partial charge is 0.0749 e. The number of nitrogens with zero attached hydrogens (tertiary/aromatic N) is 1. The lowest BCUT2D eigenvalue weighted by atomic mass is 9.95. The number of aromatic nitrogens is 2. The van der Waals surface area contributed by atoms with Crippen molar-refractivity contribution in [2.45, 2.75) is 26.2 Å². The van der Waals surface area contributed by atoms with Crippen LogP contribution in [0.3, 0.4) is 0 Å². The fourth-order valence-corrected chi connectivity index (χ4v) is 2.32. The van der Waals surface area contributed by atoms with Crippen LogP contribution in [0.4, 0.5) is 0 Å². The Hall–Kier alpha value is -1.09. The predicted octanol–water partition coefficient (Wildman–Crippen LogP) is 3.44. The van der Waals surface area contributed by atoms with Gasteiger partial charge in [0.05, 0.1) is 10.6 Å². The summed E-state index contributed by atoms with van der Waals surface area (Å²) in [6.07, 6.45) is 1.78. The standard InChI is InChI=1S/C11H14N2S/c1-11(2,3)10-5-4-9(14-10)8-6-7-12-13-8/h4-7H,1-3H3,(H,12,13). The minimum Gasteiger partial charge on any atom is -0.277 e. The predicted molar refractivity (Wildman–Crippen MR) is 60.6 cm³/mol. The Morgan fingerprint density at radius 2 is 2.00 bits per heavy atom. The SMILES string of the molecule is CC(C)(C)c1ccc(-c2ccn[nH]2)s1. The highest BCUT2D eigenvalue weighted by molar-refractivity contribution is 7.15. The largest absolute Gasteiger partial charge is 0.277 e. The zero-order valence-corrected chi connectivity index (χ0v) is 9.48. The van der Waals surface area contributed by atoms with E-state index in [1.165, 1.54) is 9.75 Å². The highest BCUT2D eigenvalue weighted by atomic mass is 32.1. The van der Waals surface area contributed by atoms with E-state index in [-0.39, 0.29) is 5.41 Å². The van der Waals surface area contributed by atoms with Crippen LogP contribution in [0.5, 0.6) is 0 Å². The van der Waals surface area contributed by atoms with Crippen molar-refractivity contribution in [1.29, 1.82) is 0 Å². The Balaban J connectivity index is 2.36. The van der Waals surface area contributed by atoms with Crippen molar-refractivity contribution in [2.75, 3.05) is 0 Å². The molecule has 2 aromatic rings. The lowest BCUT2D eigenvalue weighted by molar-refractivity contribution is 0.604. The molecule has 2 nitrogen and oxygen atoms in total. The molecule has 0 saturated carbocycles. The van der Waals surface area contributed by atoms with Crippen LogP contribution in [0.25, 0.3) is 10.6 Å². The molecular formula is C11H14N2S. The van der Waals surface area contributed by atoms with Gasteiger partial charge in [0.2, 0.25) is 0 Å². The topological polar surface area (TPSA) is 28.7 Å². The third-order valence-electron chi connectivity index (χ3n) is 2.11. The number of hydrogen-bond donors (Lipinski definition) is 1. The molecule has 0 unspecified atom stereocenters. The molecule has 2 rings (SSSR count). The molecule has 0 aliphatic carbocycles. The van der Waals surface area contributed by atoms with Crippen molar-refractivity contribution in [3.05, 3.63) is 29.3 Å². The van der Waals surface area contributed by atoms with E-state index in [1.54, 1.807) is 6.20 Å². The molecule has 0 aromatic carbocycles. The van der Waals surface area contributed by atoms with Crippen LogP contribution in [0.15, 0.2) is 24.4 Å². The summed E-state index contributed by atoms with van der Waals surface area (Å²) in [4.78, 5) is 2.66. The Bertz CT molecular complexity index is 407. The number of nitrogens with one attached hydrogen (secondary N) is 1. The van der Waals surface area contributed by atoms with Gasteiger partial charge >= 0.3 is 0 Å². The molecule has 0 saturated heterocycles. The summed E-state index contributed by atoms with van der Waals surface area (Å²) in [5.41, 5.74) is 1.34. The molecule has 0 radical (unpaired) electrons. The molecule has 0 amide bonds. The molecule has 0 bridgehead atoms. The van der Waals surface area contributed by atoms with Gasteiger partial charge in [0.1, 0.15) is 0 Å². The molecule has 2 aromatic heterocycles. The van der Waals surface area contributed by atoms with Crippen molar-refractivity contribution in [3.63, 3.8) is 0 Å². The summed E-state index contributed by atoms with van der Waals surface area (Å²) >= 11 is 1.83. The maximum Gasteiger partial charge on any atom is 0.0749 e. The van der Waals surface area contributed by atoms with Gasteiger partial charge in [0.25, 0.3) is 0 Å². The Morgan fingerprint density at radius 3 is 2.50 bits per heavy atom. The molecule has 0 fully saturated rings. The fourth-order valence-electron chi connectivity index (χ4n) is 1.28. The number of H-pyrrole nitrogens is 1. The lowest BCUT2D eigenvalue weighted by Crippen LogP contribution is -2.07. The van der Waals surface area contributed by atoms with Gasteiger partial charge in [-0.05, 0) is 23.6 Å². The lowest BCUT2D eigenvalue weighted by Gasteiger charge is -2.15. The zero-order valence-electron chi connectivity index (χ0n) is 8.66.